The molecule has 4 nitrogen and oxygen atoms in total. The smallest absolute Gasteiger partial charge is 0.220 e. The topological polar surface area (TPSA) is 62.2 Å². The summed E-state index contributed by atoms with van der Waals surface area (Å²) in [6, 6.07) is 5.35. The van der Waals surface area contributed by atoms with Crippen LogP contribution in [0.3, 0.4) is 0 Å². The molecule has 0 spiro atoms. The molecule has 1 saturated heterocycles. The molecule has 0 bridgehead atoms. The van der Waals surface area contributed by atoms with Crippen LogP contribution >= 0.6 is 0 Å². The van der Waals surface area contributed by atoms with Crippen molar-refractivity contribution in [2.75, 3.05) is 6.54 Å². The van der Waals surface area contributed by atoms with Crippen LogP contribution < -0.4 is 5.32 Å². The fourth-order valence-electron chi connectivity index (χ4n) is 4.02. The molecule has 1 aliphatic heterocycles. The van der Waals surface area contributed by atoms with Gasteiger partial charge in [0.2, 0.25) is 5.91 Å². The van der Waals surface area contributed by atoms with Crippen LogP contribution in [0.25, 0.3) is 11.3 Å². The molecule has 0 radical (unpaired) electrons. The van der Waals surface area contributed by atoms with Crippen molar-refractivity contribution in [1.29, 1.82) is 0 Å². The van der Waals surface area contributed by atoms with Crippen LogP contribution in [0.5, 0.6) is 0 Å². The highest BCUT2D eigenvalue weighted by Crippen LogP contribution is 2.54. The summed E-state index contributed by atoms with van der Waals surface area (Å²) in [7, 11) is 0. The maximum Gasteiger partial charge on any atom is 0.220 e. The third-order valence-electron chi connectivity index (χ3n) is 5.59. The summed E-state index contributed by atoms with van der Waals surface area (Å²) < 4.78 is 39.9. The van der Waals surface area contributed by atoms with Gasteiger partial charge in [-0.2, -0.15) is 0 Å². The van der Waals surface area contributed by atoms with Crippen LogP contribution in [0.15, 0.2) is 30.5 Å². The number of rotatable bonds is 3. The monoisotopic (exact) mass is 376 g/mol. The minimum atomic E-state index is -1.49. The molecular formula is C20H19F3N2O2. The Morgan fingerprint density at radius 2 is 1.85 bits per heavy atom. The second kappa shape index (κ2) is 6.96. The van der Waals surface area contributed by atoms with Gasteiger partial charge in [-0.25, -0.2) is 13.2 Å². The zero-order chi connectivity index (χ0) is 19.1. The van der Waals surface area contributed by atoms with E-state index in [-0.39, 0.29) is 29.9 Å². The average molecular weight is 376 g/mol. The molecule has 1 saturated carbocycles. The predicted octanol–water partition coefficient (Wildman–Crippen LogP) is 3.16. The van der Waals surface area contributed by atoms with Gasteiger partial charge in [0.1, 0.15) is 0 Å². The first-order chi connectivity index (χ1) is 12.9. The maximum absolute atomic E-state index is 13.4. The minimum absolute atomic E-state index is 0.0291. The van der Waals surface area contributed by atoms with Crippen LogP contribution in [-0.2, 0) is 4.79 Å². The molecule has 2 N–H and O–H groups in total. The molecule has 4 rings (SSSR count). The number of aliphatic hydroxyl groups excluding tert-OH is 1. The fraction of sp³-hybridized carbons (Fsp3) is 0.400. The van der Waals surface area contributed by atoms with Crippen molar-refractivity contribution in [1.82, 2.24) is 10.3 Å². The van der Waals surface area contributed by atoms with Gasteiger partial charge in [-0.15, -0.1) is 0 Å². The molecule has 7 heteroatoms. The summed E-state index contributed by atoms with van der Waals surface area (Å²) in [5.41, 5.74) is 1.52. The third kappa shape index (κ3) is 3.56. The summed E-state index contributed by atoms with van der Waals surface area (Å²) in [5.74, 6) is -3.41. The van der Waals surface area contributed by atoms with E-state index in [1.54, 1.807) is 12.3 Å². The Labute approximate surface area is 154 Å². The number of amides is 1. The molecule has 2 heterocycles. The Morgan fingerprint density at radius 3 is 2.52 bits per heavy atom. The first-order valence-electron chi connectivity index (χ1n) is 8.99. The number of hydrogen-bond acceptors (Lipinski definition) is 3. The van der Waals surface area contributed by atoms with Gasteiger partial charge in [0.25, 0.3) is 0 Å². The van der Waals surface area contributed by atoms with E-state index in [9.17, 15) is 23.1 Å². The minimum Gasteiger partial charge on any atom is -0.391 e. The second-order valence-corrected chi connectivity index (χ2v) is 7.31. The summed E-state index contributed by atoms with van der Waals surface area (Å²) in [5, 5.41) is 13.0. The first-order valence-corrected chi connectivity index (χ1v) is 8.99. The number of nitrogens with one attached hydrogen (secondary N) is 1. The second-order valence-electron chi connectivity index (χ2n) is 7.31. The number of carbonyl (C=O) groups excluding carboxylic acids is 1. The Balaban J connectivity index is 1.48. The molecule has 2 aliphatic rings. The molecule has 1 aromatic carbocycles. The van der Waals surface area contributed by atoms with Crippen LogP contribution in [0.4, 0.5) is 13.2 Å². The van der Waals surface area contributed by atoms with Gasteiger partial charge in [0.05, 0.1) is 11.8 Å². The molecule has 3 unspecified atom stereocenters. The Bertz CT molecular complexity index is 849. The highest BCUT2D eigenvalue weighted by atomic mass is 19.2. The van der Waals surface area contributed by atoms with E-state index in [0.717, 1.165) is 24.1 Å². The van der Waals surface area contributed by atoms with Gasteiger partial charge in [-0.3, -0.25) is 9.78 Å². The third-order valence-corrected chi connectivity index (χ3v) is 5.59. The van der Waals surface area contributed by atoms with E-state index in [1.165, 1.54) is 0 Å². The van der Waals surface area contributed by atoms with Crippen LogP contribution in [0, 0.1) is 29.3 Å². The SMILES string of the molecule is O=C1CCC(C2C[C@H]2c2ccc(-c3cc(F)c(F)c(F)c3)nc2)C(O)CN1. The number of pyridine rings is 1. The number of hydrogen-bond donors (Lipinski definition) is 2. The molecule has 27 heavy (non-hydrogen) atoms. The molecule has 1 amide bonds. The van der Waals surface area contributed by atoms with E-state index in [0.29, 0.717) is 24.5 Å². The summed E-state index contributed by atoms with van der Waals surface area (Å²) >= 11 is 0. The highest BCUT2D eigenvalue weighted by molar-refractivity contribution is 5.76. The molecule has 142 valence electrons. The van der Waals surface area contributed by atoms with Crippen molar-refractivity contribution in [3.63, 3.8) is 0 Å². The Morgan fingerprint density at radius 1 is 1.11 bits per heavy atom. The lowest BCUT2D eigenvalue weighted by atomic mass is 9.90. The lowest BCUT2D eigenvalue weighted by Crippen LogP contribution is -2.32. The van der Waals surface area contributed by atoms with E-state index >= 15 is 0 Å². The fourth-order valence-corrected chi connectivity index (χ4v) is 4.02. The number of nitrogens with zero attached hydrogens (tertiary/aromatic N) is 1. The molecule has 1 aliphatic carbocycles. The quantitative estimate of drug-likeness (QED) is 0.809. The lowest BCUT2D eigenvalue weighted by molar-refractivity contribution is -0.120. The van der Waals surface area contributed by atoms with Crippen LogP contribution in [-0.4, -0.2) is 28.6 Å². The van der Waals surface area contributed by atoms with Crippen LogP contribution in [0.2, 0.25) is 0 Å². The predicted molar refractivity (Wildman–Crippen MR) is 92.1 cm³/mol. The molecular weight excluding hydrogens is 357 g/mol. The standard InChI is InChI=1S/C20H19F3N2O2/c21-15-5-11(6-16(22)20(15)23)17-3-1-10(8-24-17)13-7-14(13)12-2-4-19(27)25-9-18(12)26/h1,3,5-6,8,12-14,18,26H,2,4,7,9H2,(H,25,27)/t12?,13-,14?,18?/m0/s1. The number of aromatic nitrogens is 1. The van der Waals surface area contributed by atoms with Gasteiger partial charge in [-0.1, -0.05) is 6.07 Å². The Hall–Kier alpha value is -2.41. The van der Waals surface area contributed by atoms with Gasteiger partial charge >= 0.3 is 0 Å². The number of carbonyl (C=O) groups is 1. The molecule has 4 atom stereocenters. The van der Waals surface area contributed by atoms with Crippen molar-refractivity contribution in [2.45, 2.75) is 31.3 Å². The maximum atomic E-state index is 13.4. The van der Waals surface area contributed by atoms with Crippen molar-refractivity contribution in [3.05, 3.63) is 53.5 Å². The number of benzene rings is 1. The molecule has 1 aromatic heterocycles. The largest absolute Gasteiger partial charge is 0.391 e. The zero-order valence-corrected chi connectivity index (χ0v) is 14.5. The van der Waals surface area contributed by atoms with Crippen molar-refractivity contribution in [2.24, 2.45) is 11.8 Å². The van der Waals surface area contributed by atoms with Gasteiger partial charge in [-0.05, 0) is 54.4 Å². The normalized spacial score (nSPS) is 27.8. The number of halogens is 3. The highest BCUT2D eigenvalue weighted by Gasteiger charge is 2.46. The Kier molecular flexibility index (Phi) is 4.63. The van der Waals surface area contributed by atoms with E-state index < -0.39 is 23.6 Å². The van der Waals surface area contributed by atoms with Gasteiger partial charge < -0.3 is 10.4 Å². The average Bonchev–Trinajstić information content (AvgIpc) is 3.45. The number of β-amino-alcohol motifs (C(OH)–C–C–N with tert-alkyl or cyclic N) is 1. The number of aliphatic hydroxyl groups is 1. The summed E-state index contributed by atoms with van der Waals surface area (Å²) in [6.45, 7) is 0.283. The first kappa shape index (κ1) is 18.0. The van der Waals surface area contributed by atoms with Gasteiger partial charge in [0, 0.05) is 24.7 Å². The van der Waals surface area contributed by atoms with E-state index in [4.69, 9.17) is 0 Å². The van der Waals surface area contributed by atoms with E-state index in [2.05, 4.69) is 10.3 Å². The van der Waals surface area contributed by atoms with Crippen LogP contribution in [0.1, 0.15) is 30.7 Å². The zero-order valence-electron chi connectivity index (χ0n) is 14.5. The lowest BCUT2D eigenvalue weighted by Gasteiger charge is -2.19. The molecule has 2 aromatic rings. The molecule has 2 fully saturated rings. The van der Waals surface area contributed by atoms with Gasteiger partial charge in [0.15, 0.2) is 17.5 Å². The van der Waals surface area contributed by atoms with E-state index in [1.807, 2.05) is 6.07 Å². The van der Waals surface area contributed by atoms with Crippen molar-refractivity contribution in [3.8, 4) is 11.3 Å². The van der Waals surface area contributed by atoms with Crippen molar-refractivity contribution >= 4 is 5.91 Å². The summed E-state index contributed by atoms with van der Waals surface area (Å²) in [6.07, 6.45) is 3.10. The summed E-state index contributed by atoms with van der Waals surface area (Å²) in [4.78, 5) is 15.8. The van der Waals surface area contributed by atoms with Crippen molar-refractivity contribution < 1.29 is 23.1 Å².